The van der Waals surface area contributed by atoms with Crippen molar-refractivity contribution in [2.24, 2.45) is 5.92 Å². The molecule has 6 heteroatoms. The van der Waals surface area contributed by atoms with Crippen LogP contribution in [0.1, 0.15) is 12.8 Å². The van der Waals surface area contributed by atoms with Crippen LogP contribution in [-0.2, 0) is 4.79 Å². The Bertz CT molecular complexity index is 419. The van der Waals surface area contributed by atoms with Crippen molar-refractivity contribution in [3.8, 4) is 5.75 Å². The zero-order valence-electron chi connectivity index (χ0n) is 8.35. The van der Waals surface area contributed by atoms with Crippen molar-refractivity contribution in [1.29, 1.82) is 0 Å². The number of hydrogen-bond donors (Lipinski definition) is 3. The number of carbonyl (C=O) groups is 1. The third kappa shape index (κ3) is 2.17. The van der Waals surface area contributed by atoms with Gasteiger partial charge in [-0.2, -0.15) is 0 Å². The summed E-state index contributed by atoms with van der Waals surface area (Å²) in [7, 11) is 0. The van der Waals surface area contributed by atoms with E-state index in [2.05, 4.69) is 26.2 Å². The van der Waals surface area contributed by atoms with E-state index in [9.17, 15) is 9.90 Å². The molecule has 1 saturated carbocycles. The van der Waals surface area contributed by atoms with E-state index in [4.69, 9.17) is 5.11 Å². The molecule has 0 aromatic carbocycles. The van der Waals surface area contributed by atoms with Crippen molar-refractivity contribution >= 4 is 27.7 Å². The van der Waals surface area contributed by atoms with Gasteiger partial charge in [0.25, 0.3) is 0 Å². The van der Waals surface area contributed by atoms with Crippen molar-refractivity contribution in [2.75, 3.05) is 5.32 Å². The van der Waals surface area contributed by atoms with Gasteiger partial charge < -0.3 is 15.5 Å². The van der Waals surface area contributed by atoms with Crippen molar-refractivity contribution in [3.05, 3.63) is 16.7 Å². The quantitative estimate of drug-likeness (QED) is 0.764. The van der Waals surface area contributed by atoms with Crippen LogP contribution in [0.4, 0.5) is 5.82 Å². The normalized spacial score (nSPS) is 23.6. The summed E-state index contributed by atoms with van der Waals surface area (Å²) in [5, 5.41) is 21.2. The lowest BCUT2D eigenvalue weighted by Gasteiger charge is -2.29. The SMILES string of the molecule is O=C(Nc1nccc(Br)c1O)C1CC(O)C1. The van der Waals surface area contributed by atoms with Crippen molar-refractivity contribution in [1.82, 2.24) is 4.98 Å². The van der Waals surface area contributed by atoms with Gasteiger partial charge in [0, 0.05) is 12.1 Å². The third-order valence-corrected chi connectivity index (χ3v) is 3.24. The highest BCUT2D eigenvalue weighted by molar-refractivity contribution is 9.10. The van der Waals surface area contributed by atoms with Gasteiger partial charge in [-0.1, -0.05) is 0 Å². The monoisotopic (exact) mass is 286 g/mol. The molecular formula is C10H11BrN2O3. The van der Waals surface area contributed by atoms with Gasteiger partial charge in [0.05, 0.1) is 10.6 Å². The molecule has 0 spiro atoms. The van der Waals surface area contributed by atoms with Crippen LogP contribution in [0.3, 0.4) is 0 Å². The Kier molecular flexibility index (Phi) is 3.11. The fraction of sp³-hybridized carbons (Fsp3) is 0.400. The molecule has 16 heavy (non-hydrogen) atoms. The fourth-order valence-electron chi connectivity index (χ4n) is 1.54. The van der Waals surface area contributed by atoms with Crippen LogP contribution in [0.5, 0.6) is 5.75 Å². The molecule has 0 unspecified atom stereocenters. The highest BCUT2D eigenvalue weighted by atomic mass is 79.9. The molecule has 1 aromatic heterocycles. The lowest BCUT2D eigenvalue weighted by molar-refractivity contribution is -0.126. The summed E-state index contributed by atoms with van der Waals surface area (Å²) in [5.74, 6) is -0.349. The second-order valence-electron chi connectivity index (χ2n) is 3.80. The Morgan fingerprint density at radius 3 is 2.88 bits per heavy atom. The van der Waals surface area contributed by atoms with Gasteiger partial charge >= 0.3 is 0 Å². The number of nitrogens with one attached hydrogen (secondary N) is 1. The van der Waals surface area contributed by atoms with Crippen molar-refractivity contribution in [3.63, 3.8) is 0 Å². The Hall–Kier alpha value is -1.14. The lowest BCUT2D eigenvalue weighted by atomic mass is 9.82. The molecule has 86 valence electrons. The summed E-state index contributed by atoms with van der Waals surface area (Å²) in [5.41, 5.74) is 0. The molecule has 1 aliphatic rings. The number of aliphatic hydroxyl groups is 1. The Labute approximate surface area is 101 Å². The molecule has 0 atom stereocenters. The molecule has 1 fully saturated rings. The molecule has 1 amide bonds. The maximum absolute atomic E-state index is 11.6. The third-order valence-electron chi connectivity index (χ3n) is 2.60. The van der Waals surface area contributed by atoms with Gasteiger partial charge in [-0.05, 0) is 34.8 Å². The molecule has 0 bridgehead atoms. The van der Waals surface area contributed by atoms with Crippen LogP contribution in [0, 0.1) is 5.92 Å². The zero-order chi connectivity index (χ0) is 11.7. The van der Waals surface area contributed by atoms with E-state index in [1.54, 1.807) is 6.07 Å². The topological polar surface area (TPSA) is 82.5 Å². The summed E-state index contributed by atoms with van der Waals surface area (Å²) >= 11 is 3.13. The van der Waals surface area contributed by atoms with Crippen LogP contribution >= 0.6 is 15.9 Å². The first-order valence-corrected chi connectivity index (χ1v) is 5.69. The van der Waals surface area contributed by atoms with Gasteiger partial charge in [0.1, 0.15) is 0 Å². The Morgan fingerprint density at radius 1 is 1.56 bits per heavy atom. The number of carbonyl (C=O) groups excluding carboxylic acids is 1. The summed E-state index contributed by atoms with van der Waals surface area (Å²) in [6, 6.07) is 1.58. The van der Waals surface area contributed by atoms with Crippen molar-refractivity contribution < 1.29 is 15.0 Å². The van der Waals surface area contributed by atoms with Gasteiger partial charge in [-0.25, -0.2) is 4.98 Å². The van der Waals surface area contributed by atoms with E-state index in [0.29, 0.717) is 17.3 Å². The van der Waals surface area contributed by atoms with Gasteiger partial charge in [0.2, 0.25) is 5.91 Å². The molecule has 1 heterocycles. The highest BCUT2D eigenvalue weighted by Crippen LogP contribution is 2.32. The number of rotatable bonds is 2. The molecule has 5 nitrogen and oxygen atoms in total. The second kappa shape index (κ2) is 4.39. The largest absolute Gasteiger partial charge is 0.503 e. The van der Waals surface area contributed by atoms with Crippen LogP contribution in [0.25, 0.3) is 0 Å². The van der Waals surface area contributed by atoms with E-state index in [1.807, 2.05) is 0 Å². The maximum atomic E-state index is 11.6. The molecule has 2 rings (SSSR count). The molecule has 0 radical (unpaired) electrons. The van der Waals surface area contributed by atoms with E-state index in [-0.39, 0.29) is 29.5 Å². The fourth-order valence-corrected chi connectivity index (χ4v) is 1.85. The van der Waals surface area contributed by atoms with Crippen LogP contribution in [0.2, 0.25) is 0 Å². The molecule has 1 aliphatic carbocycles. The van der Waals surface area contributed by atoms with Crippen LogP contribution < -0.4 is 5.32 Å². The first-order chi connectivity index (χ1) is 7.58. The number of aromatic hydroxyl groups is 1. The first-order valence-electron chi connectivity index (χ1n) is 4.90. The number of anilines is 1. The minimum Gasteiger partial charge on any atom is -0.503 e. The molecule has 0 saturated heterocycles. The van der Waals surface area contributed by atoms with E-state index < -0.39 is 0 Å². The van der Waals surface area contributed by atoms with E-state index in [0.717, 1.165) is 0 Å². The van der Waals surface area contributed by atoms with Gasteiger partial charge in [-0.3, -0.25) is 4.79 Å². The average molecular weight is 287 g/mol. The number of halogens is 1. The highest BCUT2D eigenvalue weighted by Gasteiger charge is 2.33. The number of aromatic nitrogens is 1. The number of pyridine rings is 1. The minimum atomic E-state index is -0.375. The lowest BCUT2D eigenvalue weighted by Crippen LogP contribution is -2.37. The standard InChI is InChI=1S/C10H11BrN2O3/c11-7-1-2-12-9(8(7)15)13-10(16)5-3-6(14)4-5/h1-2,5-6,14-15H,3-4H2,(H,12,13,16). The first kappa shape index (κ1) is 11.3. The van der Waals surface area contributed by atoms with Crippen LogP contribution in [-0.4, -0.2) is 27.2 Å². The smallest absolute Gasteiger partial charge is 0.228 e. The molecular weight excluding hydrogens is 276 g/mol. The Morgan fingerprint density at radius 2 is 2.25 bits per heavy atom. The van der Waals surface area contributed by atoms with Gasteiger partial charge in [0.15, 0.2) is 11.6 Å². The summed E-state index contributed by atoms with van der Waals surface area (Å²) in [6.45, 7) is 0. The zero-order valence-corrected chi connectivity index (χ0v) is 9.94. The molecule has 0 aliphatic heterocycles. The van der Waals surface area contributed by atoms with E-state index in [1.165, 1.54) is 6.20 Å². The second-order valence-corrected chi connectivity index (χ2v) is 4.66. The average Bonchev–Trinajstić information content (AvgIpc) is 2.20. The number of aliphatic hydroxyl groups excluding tert-OH is 1. The predicted molar refractivity (Wildman–Crippen MR) is 61.0 cm³/mol. The van der Waals surface area contributed by atoms with Gasteiger partial charge in [-0.15, -0.1) is 0 Å². The predicted octanol–water partition coefficient (Wildman–Crippen LogP) is 1.26. The summed E-state index contributed by atoms with van der Waals surface area (Å²) in [4.78, 5) is 15.5. The van der Waals surface area contributed by atoms with E-state index >= 15 is 0 Å². The maximum Gasteiger partial charge on any atom is 0.228 e. The summed E-state index contributed by atoms with van der Waals surface area (Å²) < 4.78 is 0.478. The van der Waals surface area contributed by atoms with Crippen LogP contribution in [0.15, 0.2) is 16.7 Å². The molecule has 3 N–H and O–H groups in total. The number of amides is 1. The molecule has 1 aromatic rings. The Balaban J connectivity index is 2.04. The summed E-state index contributed by atoms with van der Waals surface area (Å²) in [6.07, 6.45) is 2.05. The number of hydrogen-bond acceptors (Lipinski definition) is 4. The van der Waals surface area contributed by atoms with Crippen molar-refractivity contribution in [2.45, 2.75) is 18.9 Å². The number of nitrogens with zero attached hydrogens (tertiary/aromatic N) is 1. The minimum absolute atomic E-state index is 0.0873.